The molecule has 0 atom stereocenters. The highest BCUT2D eigenvalue weighted by Crippen LogP contribution is 2.18. The van der Waals surface area contributed by atoms with Crippen molar-refractivity contribution in [3.63, 3.8) is 0 Å². The van der Waals surface area contributed by atoms with Crippen molar-refractivity contribution in [3.8, 4) is 0 Å². The largest absolute Gasteiger partial charge is 0.383 e. The highest BCUT2D eigenvalue weighted by atomic mass is 32.1. The first-order valence-corrected chi connectivity index (χ1v) is 7.18. The molecular weight excluding hydrogens is 260 g/mol. The van der Waals surface area contributed by atoms with Crippen molar-refractivity contribution in [1.82, 2.24) is 10.1 Å². The van der Waals surface area contributed by atoms with E-state index in [1.54, 1.807) is 7.11 Å². The van der Waals surface area contributed by atoms with Gasteiger partial charge in [-0.2, -0.15) is 0 Å². The van der Waals surface area contributed by atoms with E-state index in [9.17, 15) is 0 Å². The molecule has 0 fully saturated rings. The van der Waals surface area contributed by atoms with Crippen molar-refractivity contribution in [2.24, 2.45) is 0 Å². The fourth-order valence-electron chi connectivity index (χ4n) is 1.94. The van der Waals surface area contributed by atoms with E-state index in [-0.39, 0.29) is 0 Å². The molecule has 2 aromatic rings. The number of hydrogen-bond acceptors (Lipinski definition) is 5. The van der Waals surface area contributed by atoms with Crippen molar-refractivity contribution >= 4 is 11.3 Å². The van der Waals surface area contributed by atoms with Gasteiger partial charge in [-0.3, -0.25) is 4.90 Å². The number of ether oxygens (including phenoxy) is 1. The first kappa shape index (κ1) is 14.2. The maximum atomic E-state index is 5.29. The third kappa shape index (κ3) is 4.45. The molecule has 0 radical (unpaired) electrons. The highest BCUT2D eigenvalue weighted by Gasteiger charge is 2.11. The standard InChI is InChI=1S/C14H20N2O2S/c1-11-8-13(18-15-11)9-16(6-7-17-3)10-14-5-4-12(2)19-14/h4-5,8H,6-7,9-10H2,1-3H3. The van der Waals surface area contributed by atoms with Gasteiger partial charge in [-0.25, -0.2) is 0 Å². The van der Waals surface area contributed by atoms with Crippen molar-refractivity contribution in [1.29, 1.82) is 0 Å². The Hall–Kier alpha value is -1.17. The average molecular weight is 280 g/mol. The van der Waals surface area contributed by atoms with Crippen LogP contribution in [-0.2, 0) is 17.8 Å². The van der Waals surface area contributed by atoms with E-state index in [0.29, 0.717) is 0 Å². The van der Waals surface area contributed by atoms with Gasteiger partial charge in [0.25, 0.3) is 0 Å². The highest BCUT2D eigenvalue weighted by molar-refractivity contribution is 7.11. The van der Waals surface area contributed by atoms with Crippen LogP contribution in [-0.4, -0.2) is 30.3 Å². The molecule has 0 unspecified atom stereocenters. The molecule has 4 nitrogen and oxygen atoms in total. The van der Waals surface area contributed by atoms with Crippen LogP contribution in [0.1, 0.15) is 21.2 Å². The summed E-state index contributed by atoms with van der Waals surface area (Å²) < 4.78 is 10.5. The summed E-state index contributed by atoms with van der Waals surface area (Å²) in [6.45, 7) is 7.36. The van der Waals surface area contributed by atoms with Crippen LogP contribution in [0.3, 0.4) is 0 Å². The van der Waals surface area contributed by atoms with Crippen molar-refractivity contribution < 1.29 is 9.26 Å². The van der Waals surface area contributed by atoms with E-state index in [0.717, 1.165) is 37.7 Å². The van der Waals surface area contributed by atoms with Gasteiger partial charge in [0.1, 0.15) is 0 Å². The third-order valence-corrected chi connectivity index (χ3v) is 3.83. The molecule has 2 rings (SSSR count). The monoisotopic (exact) mass is 280 g/mol. The predicted octanol–water partition coefficient (Wildman–Crippen LogP) is 3.00. The molecule has 0 saturated carbocycles. The van der Waals surface area contributed by atoms with Crippen LogP contribution in [0.2, 0.25) is 0 Å². The maximum absolute atomic E-state index is 5.29. The lowest BCUT2D eigenvalue weighted by molar-refractivity contribution is 0.133. The molecule has 2 heterocycles. The summed E-state index contributed by atoms with van der Waals surface area (Å²) in [7, 11) is 1.73. The lowest BCUT2D eigenvalue weighted by Gasteiger charge is -2.19. The Balaban J connectivity index is 1.98. The van der Waals surface area contributed by atoms with Gasteiger partial charge in [0, 0.05) is 36.0 Å². The zero-order chi connectivity index (χ0) is 13.7. The van der Waals surface area contributed by atoms with Gasteiger partial charge in [-0.15, -0.1) is 11.3 Å². The molecule has 0 amide bonds. The van der Waals surface area contributed by atoms with Gasteiger partial charge in [0.2, 0.25) is 0 Å². The van der Waals surface area contributed by atoms with Crippen molar-refractivity contribution in [2.45, 2.75) is 26.9 Å². The van der Waals surface area contributed by atoms with Crippen molar-refractivity contribution in [2.75, 3.05) is 20.3 Å². The minimum Gasteiger partial charge on any atom is -0.383 e. The summed E-state index contributed by atoms with van der Waals surface area (Å²) in [4.78, 5) is 5.02. The molecule has 0 N–H and O–H groups in total. The van der Waals surface area contributed by atoms with Crippen LogP contribution in [0.4, 0.5) is 0 Å². The topological polar surface area (TPSA) is 38.5 Å². The zero-order valence-electron chi connectivity index (χ0n) is 11.7. The van der Waals surface area contributed by atoms with E-state index in [2.05, 4.69) is 29.1 Å². The zero-order valence-corrected chi connectivity index (χ0v) is 12.5. The smallest absolute Gasteiger partial charge is 0.150 e. The summed E-state index contributed by atoms with van der Waals surface area (Å²) in [5, 5.41) is 3.93. The van der Waals surface area contributed by atoms with Gasteiger partial charge in [-0.05, 0) is 26.0 Å². The summed E-state index contributed by atoms with van der Waals surface area (Å²) in [6.07, 6.45) is 0. The maximum Gasteiger partial charge on any atom is 0.150 e. The molecule has 5 heteroatoms. The van der Waals surface area contributed by atoms with E-state index in [1.807, 2.05) is 24.3 Å². The first-order chi connectivity index (χ1) is 9.17. The molecule has 0 aromatic carbocycles. The van der Waals surface area contributed by atoms with Crippen LogP contribution in [0.25, 0.3) is 0 Å². The number of aryl methyl sites for hydroxylation is 2. The van der Waals surface area contributed by atoms with Crippen LogP contribution < -0.4 is 0 Å². The molecule has 0 bridgehead atoms. The summed E-state index contributed by atoms with van der Waals surface area (Å²) in [6, 6.07) is 6.33. The lowest BCUT2D eigenvalue weighted by Crippen LogP contribution is -2.26. The Labute approximate surface area is 118 Å². The molecular formula is C14H20N2O2S. The Bertz CT molecular complexity index is 465. The molecule has 0 spiro atoms. The predicted molar refractivity (Wildman–Crippen MR) is 76.3 cm³/mol. The normalized spacial score (nSPS) is 11.4. The second kappa shape index (κ2) is 6.84. The Kier molecular flexibility index (Phi) is 5.13. The third-order valence-electron chi connectivity index (χ3n) is 2.84. The summed E-state index contributed by atoms with van der Waals surface area (Å²) in [5.74, 6) is 0.905. The van der Waals surface area contributed by atoms with E-state index in [4.69, 9.17) is 9.26 Å². The van der Waals surface area contributed by atoms with Crippen LogP contribution in [0, 0.1) is 13.8 Å². The molecule has 0 aliphatic carbocycles. The molecule has 104 valence electrons. The van der Waals surface area contributed by atoms with Crippen LogP contribution >= 0.6 is 11.3 Å². The number of nitrogens with zero attached hydrogens (tertiary/aromatic N) is 2. The van der Waals surface area contributed by atoms with E-state index in [1.165, 1.54) is 9.75 Å². The van der Waals surface area contributed by atoms with Gasteiger partial charge in [0.15, 0.2) is 5.76 Å². The summed E-state index contributed by atoms with van der Waals surface area (Å²) >= 11 is 1.84. The Morgan fingerprint density at radius 1 is 1.32 bits per heavy atom. The van der Waals surface area contributed by atoms with E-state index >= 15 is 0 Å². The quantitative estimate of drug-likeness (QED) is 0.781. The fourth-order valence-corrected chi connectivity index (χ4v) is 2.87. The second-order valence-electron chi connectivity index (χ2n) is 4.65. The Morgan fingerprint density at radius 3 is 2.74 bits per heavy atom. The van der Waals surface area contributed by atoms with Crippen LogP contribution in [0.5, 0.6) is 0 Å². The number of thiophene rings is 1. The Morgan fingerprint density at radius 2 is 2.16 bits per heavy atom. The first-order valence-electron chi connectivity index (χ1n) is 6.36. The summed E-state index contributed by atoms with van der Waals surface area (Å²) in [5.41, 5.74) is 0.925. The number of hydrogen-bond donors (Lipinski definition) is 0. The molecule has 2 aromatic heterocycles. The van der Waals surface area contributed by atoms with Gasteiger partial charge in [-0.1, -0.05) is 5.16 Å². The van der Waals surface area contributed by atoms with Gasteiger partial charge in [0.05, 0.1) is 18.8 Å². The second-order valence-corrected chi connectivity index (χ2v) is 6.02. The number of aromatic nitrogens is 1. The van der Waals surface area contributed by atoms with Crippen LogP contribution in [0.15, 0.2) is 22.7 Å². The SMILES string of the molecule is COCCN(Cc1cc(C)no1)Cc1ccc(C)s1. The minimum absolute atomic E-state index is 0.720. The number of rotatable bonds is 7. The minimum atomic E-state index is 0.720. The molecule has 19 heavy (non-hydrogen) atoms. The molecule has 0 aliphatic heterocycles. The average Bonchev–Trinajstić information content (AvgIpc) is 2.95. The van der Waals surface area contributed by atoms with Crippen molar-refractivity contribution in [3.05, 3.63) is 39.4 Å². The van der Waals surface area contributed by atoms with E-state index < -0.39 is 0 Å². The molecule has 0 aliphatic rings. The number of methoxy groups -OCH3 is 1. The van der Waals surface area contributed by atoms with Gasteiger partial charge < -0.3 is 9.26 Å². The fraction of sp³-hybridized carbons (Fsp3) is 0.500. The van der Waals surface area contributed by atoms with Gasteiger partial charge >= 0.3 is 0 Å². The lowest BCUT2D eigenvalue weighted by atomic mass is 10.3. The molecule has 0 saturated heterocycles.